The number of hydrogen-bond donors (Lipinski definition) is 0. The van der Waals surface area contributed by atoms with Gasteiger partial charge in [0, 0.05) is 0 Å². The molecule has 0 fully saturated rings. The predicted molar refractivity (Wildman–Crippen MR) is 213 cm³/mol. The lowest BCUT2D eigenvalue weighted by Crippen LogP contribution is -2.22. The average Bonchev–Trinajstić information content (AvgIpc) is 3.11. The van der Waals surface area contributed by atoms with Crippen LogP contribution in [-0.4, -0.2) is 0 Å². The van der Waals surface area contributed by atoms with E-state index >= 15 is 0 Å². The molecule has 1 heteroatoms. The van der Waals surface area contributed by atoms with Crippen LogP contribution >= 0.6 is 15.9 Å². The maximum Gasteiger partial charge on any atom is 0.100 e. The van der Waals surface area contributed by atoms with E-state index in [1.165, 1.54) is 187 Å². The maximum atomic E-state index is 4.36. The Morgan fingerprint density at radius 2 is 0.532 bits per heavy atom. The Bertz CT molecular complexity index is 1010. The number of benzene rings is 3. The van der Waals surface area contributed by atoms with Gasteiger partial charge in [-0.05, 0) is 71.9 Å². The molecule has 3 rings (SSSR count). The minimum Gasteiger partial charge on any atom is -0.0696 e. The molecule has 0 saturated carbocycles. The van der Waals surface area contributed by atoms with Gasteiger partial charge < -0.3 is 0 Å². The van der Waals surface area contributed by atoms with Crippen LogP contribution in [0.5, 0.6) is 0 Å². The van der Waals surface area contributed by atoms with Gasteiger partial charge in [0.2, 0.25) is 0 Å². The van der Waals surface area contributed by atoms with Crippen LogP contribution in [0.25, 0.3) is 0 Å². The molecule has 0 radical (unpaired) electrons. The highest BCUT2D eigenvalue weighted by atomic mass is 79.9. The Labute approximate surface area is 300 Å². The van der Waals surface area contributed by atoms with Crippen LogP contribution in [0.4, 0.5) is 0 Å². The molecule has 0 saturated heterocycles. The summed E-state index contributed by atoms with van der Waals surface area (Å²) in [5.41, 5.74) is 8.35. The lowest BCUT2D eigenvalue weighted by atomic mass is 9.83. The predicted octanol–water partition coefficient (Wildman–Crippen LogP) is 15.3. The molecule has 0 unspecified atom stereocenters. The topological polar surface area (TPSA) is 0 Å². The standard InChI is InChI=1S/C46H69Br/c1-4-7-10-13-16-19-22-25-40-28-34-43(35-29-40)46(47,44-36-30-41(31-37-44)26-23-20-17-14-11-8-5-2)45-38-32-42(33-39-45)27-24-21-18-15-12-9-6-3/h28-39H,4-27H2,1-3H3. The van der Waals surface area contributed by atoms with Crippen LogP contribution in [0.1, 0.15) is 189 Å². The Morgan fingerprint density at radius 3 is 0.766 bits per heavy atom. The van der Waals surface area contributed by atoms with Crippen molar-refractivity contribution in [1.82, 2.24) is 0 Å². The van der Waals surface area contributed by atoms with Crippen molar-refractivity contribution in [3.63, 3.8) is 0 Å². The lowest BCUT2D eigenvalue weighted by molar-refractivity contribution is 0.589. The second kappa shape index (κ2) is 24.3. The lowest BCUT2D eigenvalue weighted by Gasteiger charge is -2.30. The second-order valence-corrected chi connectivity index (χ2v) is 15.6. The van der Waals surface area contributed by atoms with Gasteiger partial charge in [-0.15, -0.1) is 0 Å². The molecule has 0 nitrogen and oxygen atoms in total. The molecule has 0 aromatic heterocycles. The molecule has 0 N–H and O–H groups in total. The quantitative estimate of drug-likeness (QED) is 0.0422. The zero-order valence-electron chi connectivity index (χ0n) is 30.8. The van der Waals surface area contributed by atoms with Gasteiger partial charge >= 0.3 is 0 Å². The average molecular weight is 702 g/mol. The smallest absolute Gasteiger partial charge is 0.0696 e. The number of hydrogen-bond acceptors (Lipinski definition) is 0. The highest BCUT2D eigenvalue weighted by Gasteiger charge is 2.33. The van der Waals surface area contributed by atoms with Gasteiger partial charge in [-0.25, -0.2) is 0 Å². The van der Waals surface area contributed by atoms with Crippen molar-refractivity contribution >= 4 is 15.9 Å². The van der Waals surface area contributed by atoms with Gasteiger partial charge in [0.05, 0.1) is 0 Å². The molecular weight excluding hydrogens is 632 g/mol. The van der Waals surface area contributed by atoms with E-state index in [9.17, 15) is 0 Å². The molecule has 0 aliphatic heterocycles. The van der Waals surface area contributed by atoms with E-state index in [0.717, 1.165) is 0 Å². The Morgan fingerprint density at radius 1 is 0.319 bits per heavy atom. The summed E-state index contributed by atoms with van der Waals surface area (Å²) >= 11 is 4.36. The molecule has 0 heterocycles. The number of alkyl halides is 1. The highest BCUT2D eigenvalue weighted by Crippen LogP contribution is 2.45. The molecule has 3 aromatic rings. The Balaban J connectivity index is 1.68. The monoisotopic (exact) mass is 700 g/mol. The zero-order chi connectivity index (χ0) is 33.4. The zero-order valence-corrected chi connectivity index (χ0v) is 32.4. The third-order valence-corrected chi connectivity index (χ3v) is 11.6. The summed E-state index contributed by atoms with van der Waals surface area (Å²) < 4.78 is -0.361. The highest BCUT2D eigenvalue weighted by molar-refractivity contribution is 9.10. The SMILES string of the molecule is CCCCCCCCCc1ccc(C(Br)(c2ccc(CCCCCCCCC)cc2)c2ccc(CCCCCCCCC)cc2)cc1. The van der Waals surface area contributed by atoms with E-state index in [1.54, 1.807) is 0 Å². The third-order valence-electron chi connectivity index (χ3n) is 10.3. The largest absolute Gasteiger partial charge is 0.100 e. The van der Waals surface area contributed by atoms with Gasteiger partial charge in [0.1, 0.15) is 4.32 Å². The molecule has 3 aromatic carbocycles. The Hall–Kier alpha value is -1.86. The summed E-state index contributed by atoms with van der Waals surface area (Å²) in [5, 5.41) is 0. The van der Waals surface area contributed by atoms with Crippen molar-refractivity contribution in [3.8, 4) is 0 Å². The van der Waals surface area contributed by atoms with Crippen molar-refractivity contribution < 1.29 is 0 Å². The van der Waals surface area contributed by atoms with E-state index in [-0.39, 0.29) is 4.32 Å². The van der Waals surface area contributed by atoms with Gasteiger partial charge in [-0.1, -0.05) is 225 Å². The fourth-order valence-electron chi connectivity index (χ4n) is 7.06. The van der Waals surface area contributed by atoms with E-state index in [4.69, 9.17) is 0 Å². The first kappa shape index (κ1) is 39.6. The van der Waals surface area contributed by atoms with E-state index in [2.05, 4.69) is 109 Å². The molecule has 0 spiro atoms. The van der Waals surface area contributed by atoms with Gasteiger partial charge in [0.15, 0.2) is 0 Å². The molecule has 0 amide bonds. The number of halogens is 1. The molecule has 0 aliphatic rings. The summed E-state index contributed by atoms with van der Waals surface area (Å²) in [6.07, 6.45) is 32.2. The van der Waals surface area contributed by atoms with Crippen LogP contribution in [-0.2, 0) is 23.6 Å². The number of rotatable bonds is 27. The molecule has 47 heavy (non-hydrogen) atoms. The van der Waals surface area contributed by atoms with Crippen LogP contribution in [0, 0.1) is 0 Å². The molecule has 260 valence electrons. The minimum absolute atomic E-state index is 0.361. The Kier molecular flexibility index (Phi) is 20.5. The number of unbranched alkanes of at least 4 members (excludes halogenated alkanes) is 18. The molecule has 0 atom stereocenters. The molecule has 0 aliphatic carbocycles. The summed E-state index contributed by atoms with van der Waals surface area (Å²) in [4.78, 5) is 0. The number of aryl methyl sites for hydroxylation is 3. The van der Waals surface area contributed by atoms with Crippen molar-refractivity contribution in [2.45, 2.75) is 179 Å². The van der Waals surface area contributed by atoms with Gasteiger partial charge in [0.25, 0.3) is 0 Å². The fourth-order valence-corrected chi connectivity index (χ4v) is 7.85. The van der Waals surface area contributed by atoms with Crippen LogP contribution in [0.15, 0.2) is 72.8 Å². The van der Waals surface area contributed by atoms with Gasteiger partial charge in [-0.2, -0.15) is 0 Å². The first-order valence-electron chi connectivity index (χ1n) is 20.1. The van der Waals surface area contributed by atoms with Crippen LogP contribution in [0.2, 0.25) is 0 Å². The second-order valence-electron chi connectivity index (χ2n) is 14.4. The van der Waals surface area contributed by atoms with Crippen molar-refractivity contribution in [3.05, 3.63) is 106 Å². The van der Waals surface area contributed by atoms with E-state index < -0.39 is 0 Å². The van der Waals surface area contributed by atoms with Gasteiger partial charge in [-0.3, -0.25) is 0 Å². The molecular formula is C46H69Br. The summed E-state index contributed by atoms with van der Waals surface area (Å²) in [6.45, 7) is 6.89. The summed E-state index contributed by atoms with van der Waals surface area (Å²) in [6, 6.07) is 28.6. The third kappa shape index (κ3) is 14.7. The van der Waals surface area contributed by atoms with Crippen molar-refractivity contribution in [2.24, 2.45) is 0 Å². The normalized spacial score (nSPS) is 11.7. The minimum atomic E-state index is -0.361. The van der Waals surface area contributed by atoms with E-state index in [0.29, 0.717) is 0 Å². The van der Waals surface area contributed by atoms with E-state index in [1.807, 2.05) is 0 Å². The van der Waals surface area contributed by atoms with Crippen molar-refractivity contribution in [1.29, 1.82) is 0 Å². The fraction of sp³-hybridized carbons (Fsp3) is 0.609. The summed E-state index contributed by atoms with van der Waals surface area (Å²) in [5.74, 6) is 0. The van der Waals surface area contributed by atoms with Crippen molar-refractivity contribution in [2.75, 3.05) is 0 Å². The van der Waals surface area contributed by atoms with Crippen LogP contribution in [0.3, 0.4) is 0 Å². The van der Waals surface area contributed by atoms with Crippen LogP contribution < -0.4 is 0 Å². The maximum absolute atomic E-state index is 4.36. The first-order chi connectivity index (χ1) is 23.1. The molecule has 0 bridgehead atoms. The first-order valence-corrected chi connectivity index (χ1v) is 20.9. The summed E-state index contributed by atoms with van der Waals surface area (Å²) in [7, 11) is 0.